The predicted molar refractivity (Wildman–Crippen MR) is 76.0 cm³/mol. The largest absolute Gasteiger partial charge is 0.352 e. The molecule has 106 valence electrons. The van der Waals surface area contributed by atoms with Crippen LogP contribution in [0.3, 0.4) is 0 Å². The van der Waals surface area contributed by atoms with Gasteiger partial charge in [-0.1, -0.05) is 12.1 Å². The second-order valence-electron chi connectivity index (χ2n) is 4.79. The summed E-state index contributed by atoms with van der Waals surface area (Å²) in [5.74, 6) is 0.0970. The highest BCUT2D eigenvalue weighted by Crippen LogP contribution is 2.28. The van der Waals surface area contributed by atoms with Crippen molar-refractivity contribution in [1.29, 1.82) is 0 Å². The second-order valence-corrected chi connectivity index (χ2v) is 4.79. The molecule has 2 N–H and O–H groups in total. The lowest BCUT2D eigenvalue weighted by atomic mass is 9.89. The molecule has 3 nitrogen and oxygen atoms in total. The fraction of sp³-hybridized carbons (Fsp3) is 0.500. The van der Waals surface area contributed by atoms with Gasteiger partial charge in [0, 0.05) is 13.5 Å². The Kier molecular flexibility index (Phi) is 6.25. The number of piperidine rings is 1. The molecule has 0 radical (unpaired) electrons. The number of carbonyl (C=O) groups is 1. The third-order valence-electron chi connectivity index (χ3n) is 3.38. The Hall–Kier alpha value is -1.13. The molecule has 1 aromatic rings. The van der Waals surface area contributed by atoms with Crippen LogP contribution in [0.5, 0.6) is 0 Å². The van der Waals surface area contributed by atoms with Crippen molar-refractivity contribution in [2.45, 2.75) is 32.2 Å². The molecule has 0 aliphatic carbocycles. The Morgan fingerprint density at radius 1 is 1.42 bits per heavy atom. The van der Waals surface area contributed by atoms with Gasteiger partial charge in [-0.25, -0.2) is 4.39 Å². The van der Waals surface area contributed by atoms with E-state index in [1.165, 1.54) is 13.0 Å². The van der Waals surface area contributed by atoms with Crippen LogP contribution in [0.25, 0.3) is 0 Å². The van der Waals surface area contributed by atoms with Gasteiger partial charge in [-0.15, -0.1) is 12.4 Å². The summed E-state index contributed by atoms with van der Waals surface area (Å²) in [6.07, 6.45) is 1.95. The molecule has 1 aliphatic heterocycles. The summed E-state index contributed by atoms with van der Waals surface area (Å²) >= 11 is 0. The molecule has 0 saturated carbocycles. The first-order chi connectivity index (χ1) is 8.66. The minimum absolute atomic E-state index is 0. The lowest BCUT2D eigenvalue weighted by Gasteiger charge is -2.23. The Labute approximate surface area is 119 Å². The lowest BCUT2D eigenvalue weighted by Crippen LogP contribution is -2.27. The maximum atomic E-state index is 13.8. The van der Waals surface area contributed by atoms with Crippen molar-refractivity contribution in [2.75, 3.05) is 13.1 Å². The van der Waals surface area contributed by atoms with E-state index in [1.807, 2.05) is 6.07 Å². The number of hydrogen-bond acceptors (Lipinski definition) is 2. The highest BCUT2D eigenvalue weighted by Gasteiger charge is 2.18. The van der Waals surface area contributed by atoms with Crippen LogP contribution in [0, 0.1) is 5.82 Å². The zero-order valence-electron chi connectivity index (χ0n) is 11.0. The molecule has 0 spiro atoms. The van der Waals surface area contributed by atoms with Crippen LogP contribution in [-0.4, -0.2) is 19.0 Å². The van der Waals surface area contributed by atoms with Crippen LogP contribution in [0.2, 0.25) is 0 Å². The normalized spacial score (nSPS) is 15.7. The summed E-state index contributed by atoms with van der Waals surface area (Å²) in [5, 5.41) is 6.02. The molecular weight excluding hydrogens is 267 g/mol. The van der Waals surface area contributed by atoms with Gasteiger partial charge < -0.3 is 10.6 Å². The molecule has 1 fully saturated rings. The standard InChI is InChI=1S/C14H19FN2O.ClH/c1-10(18)17-9-11-2-3-14(15)13(8-11)12-4-6-16-7-5-12;/h2-3,8,12,16H,4-7,9H2,1H3,(H,17,18);1H. The number of rotatable bonds is 3. The third kappa shape index (κ3) is 4.48. The van der Waals surface area contributed by atoms with Gasteiger partial charge in [0.2, 0.25) is 5.91 Å². The number of carbonyl (C=O) groups excluding carboxylic acids is 1. The summed E-state index contributed by atoms with van der Waals surface area (Å²) in [5.41, 5.74) is 1.75. The van der Waals surface area contributed by atoms with E-state index in [-0.39, 0.29) is 24.1 Å². The van der Waals surface area contributed by atoms with Crippen LogP contribution in [0.1, 0.15) is 36.8 Å². The molecule has 2 rings (SSSR count). The Morgan fingerprint density at radius 2 is 2.11 bits per heavy atom. The molecule has 1 aromatic carbocycles. The highest BCUT2D eigenvalue weighted by atomic mass is 35.5. The van der Waals surface area contributed by atoms with Crippen molar-refractivity contribution >= 4 is 18.3 Å². The van der Waals surface area contributed by atoms with Crippen LogP contribution in [0.4, 0.5) is 4.39 Å². The number of hydrogen-bond donors (Lipinski definition) is 2. The van der Waals surface area contributed by atoms with E-state index >= 15 is 0 Å². The van der Waals surface area contributed by atoms with Gasteiger partial charge in [0.25, 0.3) is 0 Å². The molecule has 1 saturated heterocycles. The van der Waals surface area contributed by atoms with E-state index in [1.54, 1.807) is 6.07 Å². The van der Waals surface area contributed by atoms with E-state index in [0.717, 1.165) is 37.1 Å². The zero-order chi connectivity index (χ0) is 13.0. The molecular formula is C14H20ClFN2O. The Balaban J connectivity index is 0.00000180. The smallest absolute Gasteiger partial charge is 0.217 e. The average Bonchev–Trinajstić information content (AvgIpc) is 2.38. The molecule has 0 unspecified atom stereocenters. The van der Waals surface area contributed by atoms with Crippen LogP contribution in [-0.2, 0) is 11.3 Å². The van der Waals surface area contributed by atoms with Crippen molar-refractivity contribution in [2.24, 2.45) is 0 Å². The first-order valence-corrected chi connectivity index (χ1v) is 6.40. The van der Waals surface area contributed by atoms with Gasteiger partial charge in [0.15, 0.2) is 0 Å². The quantitative estimate of drug-likeness (QED) is 0.896. The predicted octanol–water partition coefficient (Wildman–Crippen LogP) is 2.35. The average molecular weight is 287 g/mol. The van der Waals surface area contributed by atoms with Crippen LogP contribution in [0.15, 0.2) is 18.2 Å². The number of nitrogens with one attached hydrogen (secondary N) is 2. The van der Waals surface area contributed by atoms with Crippen LogP contribution >= 0.6 is 12.4 Å². The molecule has 1 heterocycles. The number of amides is 1. The van der Waals surface area contributed by atoms with Crippen molar-refractivity contribution in [3.05, 3.63) is 35.1 Å². The van der Waals surface area contributed by atoms with E-state index in [9.17, 15) is 9.18 Å². The van der Waals surface area contributed by atoms with E-state index in [4.69, 9.17) is 0 Å². The summed E-state index contributed by atoms with van der Waals surface area (Å²) in [6, 6.07) is 5.13. The van der Waals surface area contributed by atoms with Gasteiger partial charge in [-0.3, -0.25) is 4.79 Å². The summed E-state index contributed by atoms with van der Waals surface area (Å²) in [7, 11) is 0. The summed E-state index contributed by atoms with van der Waals surface area (Å²) in [4.78, 5) is 10.9. The van der Waals surface area contributed by atoms with Gasteiger partial charge >= 0.3 is 0 Å². The van der Waals surface area contributed by atoms with Gasteiger partial charge in [-0.05, 0) is 49.0 Å². The fourth-order valence-corrected chi connectivity index (χ4v) is 2.38. The first-order valence-electron chi connectivity index (χ1n) is 6.40. The van der Waals surface area contributed by atoms with Crippen molar-refractivity contribution in [3.63, 3.8) is 0 Å². The third-order valence-corrected chi connectivity index (χ3v) is 3.38. The van der Waals surface area contributed by atoms with Crippen molar-refractivity contribution in [1.82, 2.24) is 10.6 Å². The van der Waals surface area contributed by atoms with Gasteiger partial charge in [0.05, 0.1) is 0 Å². The maximum absolute atomic E-state index is 13.8. The Morgan fingerprint density at radius 3 is 2.74 bits per heavy atom. The summed E-state index contributed by atoms with van der Waals surface area (Å²) < 4.78 is 13.8. The van der Waals surface area contributed by atoms with E-state index in [0.29, 0.717) is 12.5 Å². The molecule has 0 atom stereocenters. The first kappa shape index (κ1) is 15.9. The van der Waals surface area contributed by atoms with Crippen LogP contribution < -0.4 is 10.6 Å². The minimum atomic E-state index is -0.131. The molecule has 0 aromatic heterocycles. The minimum Gasteiger partial charge on any atom is -0.352 e. The second kappa shape index (κ2) is 7.46. The fourth-order valence-electron chi connectivity index (χ4n) is 2.38. The Bertz CT molecular complexity index is 433. The summed E-state index contributed by atoms with van der Waals surface area (Å²) in [6.45, 7) is 3.84. The molecule has 1 aliphatic rings. The van der Waals surface area contributed by atoms with Gasteiger partial charge in [-0.2, -0.15) is 0 Å². The van der Waals surface area contributed by atoms with Crippen molar-refractivity contribution < 1.29 is 9.18 Å². The SMILES string of the molecule is CC(=O)NCc1ccc(F)c(C2CCNCC2)c1.Cl. The maximum Gasteiger partial charge on any atom is 0.217 e. The molecule has 5 heteroatoms. The highest BCUT2D eigenvalue weighted by molar-refractivity contribution is 5.85. The topological polar surface area (TPSA) is 41.1 Å². The van der Waals surface area contributed by atoms with Crippen molar-refractivity contribution in [3.8, 4) is 0 Å². The molecule has 1 amide bonds. The molecule has 0 bridgehead atoms. The van der Waals surface area contributed by atoms with E-state index in [2.05, 4.69) is 10.6 Å². The monoisotopic (exact) mass is 286 g/mol. The van der Waals surface area contributed by atoms with E-state index < -0.39 is 0 Å². The number of halogens is 2. The lowest BCUT2D eigenvalue weighted by molar-refractivity contribution is -0.119. The molecule has 19 heavy (non-hydrogen) atoms. The van der Waals surface area contributed by atoms with Gasteiger partial charge in [0.1, 0.15) is 5.82 Å². The zero-order valence-corrected chi connectivity index (χ0v) is 11.9. The number of benzene rings is 1.